The molecule has 0 aliphatic heterocycles. The highest BCUT2D eigenvalue weighted by Gasteiger charge is 2.06. The van der Waals surface area contributed by atoms with Gasteiger partial charge in [-0.1, -0.05) is 71.7 Å². The summed E-state index contributed by atoms with van der Waals surface area (Å²) in [6, 6.07) is 23.8. The van der Waals surface area contributed by atoms with Crippen molar-refractivity contribution < 1.29 is 4.74 Å². The fourth-order valence-corrected chi connectivity index (χ4v) is 3.02. The first-order valence-corrected chi connectivity index (χ1v) is 8.87. The minimum atomic E-state index is 0.347. The Labute approximate surface area is 158 Å². The third-order valence-electron chi connectivity index (χ3n) is 3.84. The predicted octanol–water partition coefficient (Wildman–Crippen LogP) is 5.86. The van der Waals surface area contributed by atoms with Crippen LogP contribution in [0.1, 0.15) is 16.7 Å². The highest BCUT2D eigenvalue weighted by Crippen LogP contribution is 2.26. The molecule has 0 aromatic heterocycles. The van der Waals surface area contributed by atoms with Crippen LogP contribution < -0.4 is 10.1 Å². The lowest BCUT2D eigenvalue weighted by Gasteiger charge is -2.11. The number of nitrogens with one attached hydrogen (secondary N) is 1. The first kappa shape index (κ1) is 17.8. The van der Waals surface area contributed by atoms with Crippen LogP contribution in [0.25, 0.3) is 0 Å². The van der Waals surface area contributed by atoms with E-state index in [1.807, 2.05) is 54.6 Å². The average molecular weight is 372 g/mol. The summed E-state index contributed by atoms with van der Waals surface area (Å²) in [6.07, 6.45) is 0. The van der Waals surface area contributed by atoms with Gasteiger partial charge in [-0.3, -0.25) is 0 Å². The Kier molecular flexibility index (Phi) is 6.35. The van der Waals surface area contributed by atoms with E-state index in [1.54, 1.807) is 0 Å². The first-order valence-electron chi connectivity index (χ1n) is 8.11. The molecule has 1 N–H and O–H groups in total. The predicted molar refractivity (Wildman–Crippen MR) is 104 cm³/mol. The highest BCUT2D eigenvalue weighted by molar-refractivity contribution is 6.35. The smallest absolute Gasteiger partial charge is 0.120 e. The van der Waals surface area contributed by atoms with Crippen LogP contribution in [0.2, 0.25) is 10.0 Å². The second-order valence-electron chi connectivity index (χ2n) is 5.73. The van der Waals surface area contributed by atoms with E-state index in [9.17, 15) is 0 Å². The van der Waals surface area contributed by atoms with E-state index in [0.717, 1.165) is 24.4 Å². The quantitative estimate of drug-likeness (QED) is 0.561. The monoisotopic (exact) mass is 371 g/mol. The van der Waals surface area contributed by atoms with Crippen LogP contribution >= 0.6 is 23.2 Å². The van der Waals surface area contributed by atoms with Crippen molar-refractivity contribution in [2.45, 2.75) is 19.7 Å². The number of halogens is 2. The molecule has 2 nitrogen and oxygen atoms in total. The summed E-state index contributed by atoms with van der Waals surface area (Å²) in [7, 11) is 0. The molecule has 0 amide bonds. The molecular weight excluding hydrogens is 353 g/mol. The Hall–Kier alpha value is -2.00. The zero-order valence-electron chi connectivity index (χ0n) is 13.7. The van der Waals surface area contributed by atoms with E-state index in [0.29, 0.717) is 16.7 Å². The van der Waals surface area contributed by atoms with Gasteiger partial charge in [0.2, 0.25) is 0 Å². The highest BCUT2D eigenvalue weighted by atomic mass is 35.5. The zero-order valence-corrected chi connectivity index (χ0v) is 15.2. The molecule has 0 fully saturated rings. The van der Waals surface area contributed by atoms with E-state index in [2.05, 4.69) is 23.5 Å². The fraction of sp³-hybridized carbons (Fsp3) is 0.143. The maximum absolute atomic E-state index is 6.18. The van der Waals surface area contributed by atoms with E-state index < -0.39 is 0 Å². The Morgan fingerprint density at radius 3 is 2.12 bits per heavy atom. The summed E-state index contributed by atoms with van der Waals surface area (Å²) in [5.74, 6) is 0.801. The standard InChI is InChI=1S/C21H19Cl2NO/c22-20-10-5-11-21(23)19(20)15-25-18-9-4-8-17(12-18)14-24-13-16-6-2-1-3-7-16/h1-12,24H,13-15H2. The number of rotatable bonds is 7. The number of hydrogen-bond donors (Lipinski definition) is 1. The third kappa shape index (κ3) is 5.23. The Bertz CT molecular complexity index is 801. The molecule has 0 bridgehead atoms. The summed E-state index contributed by atoms with van der Waals surface area (Å²) in [4.78, 5) is 0. The Balaban J connectivity index is 1.56. The summed E-state index contributed by atoms with van der Waals surface area (Å²) in [6.45, 7) is 1.96. The van der Waals surface area contributed by atoms with Crippen molar-refractivity contribution in [2.75, 3.05) is 0 Å². The molecular formula is C21H19Cl2NO. The van der Waals surface area contributed by atoms with Gasteiger partial charge in [-0.05, 0) is 35.4 Å². The molecule has 0 saturated carbocycles. The maximum atomic E-state index is 6.18. The van der Waals surface area contributed by atoms with Crippen LogP contribution in [0.4, 0.5) is 0 Å². The normalized spacial score (nSPS) is 10.6. The third-order valence-corrected chi connectivity index (χ3v) is 4.55. The summed E-state index contributed by atoms with van der Waals surface area (Å²) in [5, 5.41) is 4.68. The first-order chi connectivity index (χ1) is 12.2. The molecule has 0 saturated heterocycles. The lowest BCUT2D eigenvalue weighted by atomic mass is 10.2. The molecule has 3 rings (SSSR count). The molecule has 0 aliphatic rings. The van der Waals surface area contributed by atoms with Crippen LogP contribution in [0.3, 0.4) is 0 Å². The average Bonchev–Trinajstić information content (AvgIpc) is 2.63. The van der Waals surface area contributed by atoms with Crippen molar-refractivity contribution in [3.05, 3.63) is 99.5 Å². The van der Waals surface area contributed by atoms with E-state index in [-0.39, 0.29) is 0 Å². The molecule has 0 heterocycles. The molecule has 0 aliphatic carbocycles. The number of ether oxygens (including phenoxy) is 1. The van der Waals surface area contributed by atoms with Gasteiger partial charge in [-0.2, -0.15) is 0 Å². The van der Waals surface area contributed by atoms with E-state index in [1.165, 1.54) is 11.1 Å². The van der Waals surface area contributed by atoms with E-state index >= 15 is 0 Å². The topological polar surface area (TPSA) is 21.3 Å². The van der Waals surface area contributed by atoms with Crippen LogP contribution in [0, 0.1) is 0 Å². The van der Waals surface area contributed by atoms with Crippen molar-refractivity contribution in [2.24, 2.45) is 0 Å². The van der Waals surface area contributed by atoms with Crippen LogP contribution in [-0.2, 0) is 19.7 Å². The van der Waals surface area contributed by atoms with Crippen LogP contribution in [0.5, 0.6) is 5.75 Å². The molecule has 0 spiro atoms. The number of benzene rings is 3. The van der Waals surface area contributed by atoms with Gasteiger partial charge in [0, 0.05) is 28.7 Å². The van der Waals surface area contributed by atoms with Crippen molar-refractivity contribution in [3.8, 4) is 5.75 Å². The van der Waals surface area contributed by atoms with Gasteiger partial charge in [0.15, 0.2) is 0 Å². The second kappa shape index (κ2) is 8.91. The van der Waals surface area contributed by atoms with Gasteiger partial charge in [-0.15, -0.1) is 0 Å². The van der Waals surface area contributed by atoms with Gasteiger partial charge in [-0.25, -0.2) is 0 Å². The lowest BCUT2D eigenvalue weighted by Crippen LogP contribution is -2.12. The van der Waals surface area contributed by atoms with Gasteiger partial charge in [0.25, 0.3) is 0 Å². The molecule has 0 unspecified atom stereocenters. The minimum absolute atomic E-state index is 0.347. The van der Waals surface area contributed by atoms with Gasteiger partial charge >= 0.3 is 0 Å². The van der Waals surface area contributed by atoms with Crippen LogP contribution in [0.15, 0.2) is 72.8 Å². The largest absolute Gasteiger partial charge is 0.489 e. The van der Waals surface area contributed by atoms with Crippen molar-refractivity contribution in [1.82, 2.24) is 5.32 Å². The number of hydrogen-bond acceptors (Lipinski definition) is 2. The van der Waals surface area contributed by atoms with Gasteiger partial charge in [0.1, 0.15) is 12.4 Å². The molecule has 0 atom stereocenters. The summed E-state index contributed by atoms with van der Waals surface area (Å²) >= 11 is 12.4. The van der Waals surface area contributed by atoms with E-state index in [4.69, 9.17) is 27.9 Å². The fourth-order valence-electron chi connectivity index (χ4n) is 2.52. The maximum Gasteiger partial charge on any atom is 0.120 e. The Morgan fingerprint density at radius 2 is 1.36 bits per heavy atom. The SMILES string of the molecule is Clc1cccc(Cl)c1COc1cccc(CNCc2ccccc2)c1. The van der Waals surface area contributed by atoms with Crippen molar-refractivity contribution >= 4 is 23.2 Å². The molecule has 0 radical (unpaired) electrons. The second-order valence-corrected chi connectivity index (χ2v) is 6.54. The van der Waals surface area contributed by atoms with Crippen molar-refractivity contribution in [1.29, 1.82) is 0 Å². The van der Waals surface area contributed by atoms with Crippen LogP contribution in [-0.4, -0.2) is 0 Å². The molecule has 3 aromatic carbocycles. The van der Waals surface area contributed by atoms with Crippen molar-refractivity contribution in [3.63, 3.8) is 0 Å². The molecule has 25 heavy (non-hydrogen) atoms. The summed E-state index contributed by atoms with van der Waals surface area (Å²) in [5.41, 5.74) is 3.24. The summed E-state index contributed by atoms with van der Waals surface area (Å²) < 4.78 is 5.86. The zero-order chi connectivity index (χ0) is 17.5. The lowest BCUT2D eigenvalue weighted by molar-refractivity contribution is 0.306. The molecule has 4 heteroatoms. The minimum Gasteiger partial charge on any atom is -0.489 e. The Morgan fingerprint density at radius 1 is 0.720 bits per heavy atom. The molecule has 128 valence electrons. The van der Waals surface area contributed by atoms with Gasteiger partial charge in [0.05, 0.1) is 0 Å². The molecule has 3 aromatic rings. The van der Waals surface area contributed by atoms with Gasteiger partial charge < -0.3 is 10.1 Å².